The number of morpholine rings is 1. The first kappa shape index (κ1) is 20.4. The minimum atomic E-state index is -0.304. The van der Waals surface area contributed by atoms with Gasteiger partial charge in [0, 0.05) is 29.0 Å². The van der Waals surface area contributed by atoms with Crippen LogP contribution < -0.4 is 5.32 Å². The molecule has 0 saturated carbocycles. The number of aryl methyl sites for hydroxylation is 4. The van der Waals surface area contributed by atoms with Gasteiger partial charge in [0.2, 0.25) is 0 Å². The van der Waals surface area contributed by atoms with Crippen molar-refractivity contribution in [1.82, 2.24) is 24.8 Å². The molecular weight excluding hydrogens is 400 g/mol. The Balaban J connectivity index is 1.52. The number of hydrogen-bond donors (Lipinski definition) is 1. The van der Waals surface area contributed by atoms with E-state index in [0.717, 1.165) is 33.6 Å². The first-order chi connectivity index (χ1) is 14.4. The van der Waals surface area contributed by atoms with Gasteiger partial charge in [0.1, 0.15) is 11.8 Å². The number of nitrogens with one attached hydrogen (secondary N) is 1. The molecule has 9 heteroatoms. The SMILES string of the molecule is Cc1cnc(C(=O)N2CCOC(c3cc(Nc4nc(C)c(C)s4)cc(C)n3)C2)cn1. The summed E-state index contributed by atoms with van der Waals surface area (Å²) in [6, 6.07) is 3.94. The number of anilines is 2. The molecule has 0 radical (unpaired) electrons. The summed E-state index contributed by atoms with van der Waals surface area (Å²) in [4.78, 5) is 33.3. The molecule has 1 fully saturated rings. The summed E-state index contributed by atoms with van der Waals surface area (Å²) in [6.07, 6.45) is 2.82. The second kappa shape index (κ2) is 8.45. The van der Waals surface area contributed by atoms with Crippen LogP contribution in [-0.4, -0.2) is 50.4 Å². The Kier molecular flexibility index (Phi) is 5.74. The predicted octanol–water partition coefficient (Wildman–Crippen LogP) is 3.52. The summed E-state index contributed by atoms with van der Waals surface area (Å²) in [5.41, 5.74) is 4.71. The van der Waals surface area contributed by atoms with Gasteiger partial charge in [0.25, 0.3) is 5.91 Å². The monoisotopic (exact) mass is 424 g/mol. The molecule has 4 rings (SSSR count). The average Bonchev–Trinajstić information content (AvgIpc) is 3.04. The van der Waals surface area contributed by atoms with Gasteiger partial charge >= 0.3 is 0 Å². The fourth-order valence-corrected chi connectivity index (χ4v) is 4.09. The standard InChI is InChI=1S/C21H24N6O2S/c1-12-7-16(26-21-25-14(3)15(4)30-21)8-17(24-12)19-11-27(5-6-29-19)20(28)18-10-22-13(2)9-23-18/h7-10,19H,5-6,11H2,1-4H3,(H,24,25,26). The maximum absolute atomic E-state index is 12.8. The summed E-state index contributed by atoms with van der Waals surface area (Å²) >= 11 is 1.62. The van der Waals surface area contributed by atoms with Gasteiger partial charge in [-0.1, -0.05) is 0 Å². The van der Waals surface area contributed by atoms with Gasteiger partial charge in [-0.2, -0.15) is 0 Å². The Morgan fingerprint density at radius 3 is 2.67 bits per heavy atom. The van der Waals surface area contributed by atoms with Gasteiger partial charge in [-0.3, -0.25) is 14.8 Å². The lowest BCUT2D eigenvalue weighted by atomic mass is 10.1. The molecule has 1 atom stereocenters. The molecule has 0 aromatic carbocycles. The van der Waals surface area contributed by atoms with Gasteiger partial charge in [-0.05, 0) is 39.8 Å². The number of amides is 1. The van der Waals surface area contributed by atoms with E-state index in [9.17, 15) is 4.79 Å². The summed E-state index contributed by atoms with van der Waals surface area (Å²) in [5.74, 6) is -0.143. The normalized spacial score (nSPS) is 16.5. The van der Waals surface area contributed by atoms with Crippen molar-refractivity contribution in [2.24, 2.45) is 0 Å². The Bertz CT molecular complexity index is 1050. The van der Waals surface area contributed by atoms with Crippen LogP contribution in [0.4, 0.5) is 10.8 Å². The number of aromatic nitrogens is 4. The number of hydrogen-bond acceptors (Lipinski definition) is 8. The van der Waals surface area contributed by atoms with E-state index < -0.39 is 0 Å². The van der Waals surface area contributed by atoms with Crippen molar-refractivity contribution in [2.75, 3.05) is 25.0 Å². The first-order valence-electron chi connectivity index (χ1n) is 9.78. The highest BCUT2D eigenvalue weighted by Crippen LogP contribution is 2.28. The molecule has 0 bridgehead atoms. The molecule has 1 aliphatic heterocycles. The van der Waals surface area contributed by atoms with Crippen molar-refractivity contribution in [3.8, 4) is 0 Å². The number of rotatable bonds is 4. The number of pyridine rings is 1. The average molecular weight is 425 g/mol. The van der Waals surface area contributed by atoms with Crippen molar-refractivity contribution in [3.05, 3.63) is 57.9 Å². The largest absolute Gasteiger partial charge is 0.368 e. The quantitative estimate of drug-likeness (QED) is 0.685. The Morgan fingerprint density at radius 1 is 1.13 bits per heavy atom. The molecule has 3 aromatic rings. The van der Waals surface area contributed by atoms with Crippen LogP contribution in [0, 0.1) is 27.7 Å². The van der Waals surface area contributed by atoms with Gasteiger partial charge < -0.3 is 15.0 Å². The molecule has 8 nitrogen and oxygen atoms in total. The maximum Gasteiger partial charge on any atom is 0.274 e. The molecule has 0 aliphatic carbocycles. The van der Waals surface area contributed by atoms with Crippen LogP contribution in [0.2, 0.25) is 0 Å². The third-order valence-corrected chi connectivity index (χ3v) is 5.92. The number of carbonyl (C=O) groups excluding carboxylic acids is 1. The van der Waals surface area contributed by atoms with Gasteiger partial charge in [0.15, 0.2) is 5.13 Å². The van der Waals surface area contributed by atoms with Crippen molar-refractivity contribution in [2.45, 2.75) is 33.8 Å². The molecule has 1 saturated heterocycles. The Labute approximate surface area is 179 Å². The Hall–Kier alpha value is -2.91. The van der Waals surface area contributed by atoms with E-state index in [-0.39, 0.29) is 12.0 Å². The van der Waals surface area contributed by atoms with Crippen molar-refractivity contribution < 1.29 is 9.53 Å². The molecule has 1 N–H and O–H groups in total. The number of nitrogens with zero attached hydrogens (tertiary/aromatic N) is 5. The third kappa shape index (κ3) is 4.47. The van der Waals surface area contributed by atoms with Crippen LogP contribution in [-0.2, 0) is 4.74 Å². The smallest absolute Gasteiger partial charge is 0.274 e. The molecule has 4 heterocycles. The fraction of sp³-hybridized carbons (Fsp3) is 0.381. The van der Waals surface area contributed by atoms with E-state index in [1.165, 1.54) is 11.1 Å². The highest BCUT2D eigenvalue weighted by atomic mass is 32.1. The summed E-state index contributed by atoms with van der Waals surface area (Å²) in [7, 11) is 0. The lowest BCUT2D eigenvalue weighted by Crippen LogP contribution is -2.42. The van der Waals surface area contributed by atoms with Gasteiger partial charge in [-0.25, -0.2) is 9.97 Å². The minimum Gasteiger partial charge on any atom is -0.368 e. The van der Waals surface area contributed by atoms with Crippen LogP contribution >= 0.6 is 11.3 Å². The van der Waals surface area contributed by atoms with Gasteiger partial charge in [-0.15, -0.1) is 11.3 Å². The van der Waals surface area contributed by atoms with E-state index in [1.54, 1.807) is 22.4 Å². The van der Waals surface area contributed by atoms with Crippen molar-refractivity contribution in [3.63, 3.8) is 0 Å². The lowest BCUT2D eigenvalue weighted by molar-refractivity contribution is -0.0249. The van der Waals surface area contributed by atoms with Crippen LogP contribution in [0.3, 0.4) is 0 Å². The summed E-state index contributed by atoms with van der Waals surface area (Å²) in [5, 5.41) is 4.21. The maximum atomic E-state index is 12.8. The third-order valence-electron chi connectivity index (χ3n) is 4.94. The van der Waals surface area contributed by atoms with Crippen molar-refractivity contribution in [1.29, 1.82) is 0 Å². The van der Waals surface area contributed by atoms with E-state index in [1.807, 2.05) is 32.9 Å². The fourth-order valence-electron chi connectivity index (χ4n) is 3.26. The topological polar surface area (TPSA) is 93.1 Å². The molecule has 30 heavy (non-hydrogen) atoms. The zero-order valence-corrected chi connectivity index (χ0v) is 18.3. The first-order valence-corrected chi connectivity index (χ1v) is 10.6. The van der Waals surface area contributed by atoms with Crippen molar-refractivity contribution >= 4 is 28.1 Å². The zero-order chi connectivity index (χ0) is 21.3. The predicted molar refractivity (Wildman–Crippen MR) is 115 cm³/mol. The van der Waals surface area contributed by atoms with E-state index >= 15 is 0 Å². The molecule has 156 valence electrons. The van der Waals surface area contributed by atoms with Crippen LogP contribution in [0.25, 0.3) is 0 Å². The molecule has 0 spiro atoms. The van der Waals surface area contributed by atoms with E-state index in [0.29, 0.717) is 25.4 Å². The summed E-state index contributed by atoms with van der Waals surface area (Å²) < 4.78 is 5.95. The molecule has 1 amide bonds. The zero-order valence-electron chi connectivity index (χ0n) is 17.5. The molecule has 1 aliphatic rings. The Morgan fingerprint density at radius 2 is 1.97 bits per heavy atom. The lowest BCUT2D eigenvalue weighted by Gasteiger charge is -2.32. The van der Waals surface area contributed by atoms with Crippen LogP contribution in [0.1, 0.15) is 44.2 Å². The molecule has 3 aromatic heterocycles. The van der Waals surface area contributed by atoms with E-state index in [4.69, 9.17) is 4.74 Å². The molecular formula is C21H24N6O2S. The number of thiazole rings is 1. The number of carbonyl (C=O) groups is 1. The van der Waals surface area contributed by atoms with Crippen LogP contribution in [0.5, 0.6) is 0 Å². The van der Waals surface area contributed by atoms with E-state index in [2.05, 4.69) is 32.2 Å². The highest BCUT2D eigenvalue weighted by molar-refractivity contribution is 7.15. The highest BCUT2D eigenvalue weighted by Gasteiger charge is 2.28. The molecule has 1 unspecified atom stereocenters. The summed E-state index contributed by atoms with van der Waals surface area (Å²) in [6.45, 7) is 9.22. The van der Waals surface area contributed by atoms with Crippen LogP contribution in [0.15, 0.2) is 24.5 Å². The minimum absolute atomic E-state index is 0.143. The number of ether oxygens (including phenoxy) is 1. The second-order valence-corrected chi connectivity index (χ2v) is 8.56. The second-order valence-electron chi connectivity index (χ2n) is 7.36. The van der Waals surface area contributed by atoms with Gasteiger partial charge in [0.05, 0.1) is 36.4 Å².